The van der Waals surface area contributed by atoms with Gasteiger partial charge in [-0.1, -0.05) is 60.7 Å². The van der Waals surface area contributed by atoms with E-state index in [2.05, 4.69) is 116 Å². The molecule has 3 heteroatoms. The van der Waals surface area contributed by atoms with Crippen LogP contribution in [-0.2, 0) is 16.1 Å². The molecule has 0 heterocycles. The van der Waals surface area contributed by atoms with Crippen molar-refractivity contribution in [3.8, 4) is 11.1 Å². The van der Waals surface area contributed by atoms with Crippen LogP contribution in [0.4, 0.5) is 0 Å². The summed E-state index contributed by atoms with van der Waals surface area (Å²) in [6.45, 7) is 9.66. The summed E-state index contributed by atoms with van der Waals surface area (Å²) in [5, 5.41) is 4.40. The van der Waals surface area contributed by atoms with E-state index < -0.39 is 16.1 Å². The van der Waals surface area contributed by atoms with Crippen LogP contribution in [0.5, 0.6) is 0 Å². The van der Waals surface area contributed by atoms with E-state index in [4.69, 9.17) is 0 Å². The summed E-state index contributed by atoms with van der Waals surface area (Å²) in [5.41, 5.74) is 7.41. The van der Waals surface area contributed by atoms with Crippen LogP contribution in [-0.4, -0.2) is 13.4 Å². The van der Waals surface area contributed by atoms with Crippen LogP contribution < -0.4 is 8.99 Å². The SMILES string of the molecule is CC1=C(C)C(C)[C]([Ti]([CH3])([NH]C2CCCCCCCCC2)[SiH2]c2ccccc2)=C1C.c1ccc(-c2ccccc2)cc1. The quantitative estimate of drug-likeness (QED) is 0.278. The van der Waals surface area contributed by atoms with E-state index in [1.54, 1.807) is 21.9 Å². The standard InChI is InChI=1S/C12H10.C10H20N.C9H13.C6H7Si.CH3.Ti/c1-3-7-11(8-4-1)12-9-5-2-6-10-12;11-10-8-6-4-2-1-3-5-7-9-10;1-6-5-7(2)9(4)8(6)3;7-6-4-2-1-3-5-6;;/h1-10H;10-11H,1-9H2;6H,1-4H3;1-5H,7H2;1H3;/q;-1;;;;+1. The molecule has 0 bridgehead atoms. The second kappa shape index (κ2) is 16.0. The molecule has 0 radical (unpaired) electrons. The molecule has 3 aromatic rings. The Morgan fingerprint density at radius 3 is 1.49 bits per heavy atom. The van der Waals surface area contributed by atoms with Crippen molar-refractivity contribution >= 4 is 12.6 Å². The number of allylic oxidation sites excluding steroid dienone is 4. The van der Waals surface area contributed by atoms with E-state index in [0.717, 1.165) is 6.04 Å². The van der Waals surface area contributed by atoms with Crippen molar-refractivity contribution in [2.75, 3.05) is 0 Å². The summed E-state index contributed by atoms with van der Waals surface area (Å²) in [4.78, 5) is 0. The summed E-state index contributed by atoms with van der Waals surface area (Å²) in [7, 11) is -0.321. The summed E-state index contributed by atoms with van der Waals surface area (Å²) >= 11 is -2.34. The molecule has 0 aliphatic heterocycles. The van der Waals surface area contributed by atoms with E-state index in [-0.39, 0.29) is 7.39 Å². The Balaban J connectivity index is 0.000000267. The van der Waals surface area contributed by atoms with Gasteiger partial charge in [0.15, 0.2) is 0 Å². The Hall–Kier alpha value is -1.97. The van der Waals surface area contributed by atoms with Crippen molar-refractivity contribution in [3.05, 3.63) is 112 Å². The van der Waals surface area contributed by atoms with Crippen LogP contribution in [0.3, 0.4) is 0 Å². The molecule has 1 nitrogen and oxygen atoms in total. The number of benzene rings is 3. The van der Waals surface area contributed by atoms with Crippen LogP contribution >= 0.6 is 0 Å². The third kappa shape index (κ3) is 9.01. The minimum atomic E-state index is -2.34. The Labute approximate surface area is 256 Å². The van der Waals surface area contributed by atoms with Gasteiger partial charge in [0, 0.05) is 0 Å². The molecular weight excluding hydrogens is 546 g/mol. The summed E-state index contributed by atoms with van der Waals surface area (Å²) in [6, 6.07) is 33.0. The first kappa shape index (κ1) is 32.0. The Kier molecular flexibility index (Phi) is 12.5. The molecule has 0 amide bonds. The molecule has 2 unspecified atom stereocenters. The first-order chi connectivity index (χ1) is 19.9. The van der Waals surface area contributed by atoms with Crippen LogP contribution in [0.25, 0.3) is 11.1 Å². The molecule has 2 aliphatic carbocycles. The molecule has 2 atom stereocenters. The maximum atomic E-state index is 4.51. The zero-order valence-corrected chi connectivity index (χ0v) is 29.4. The summed E-state index contributed by atoms with van der Waals surface area (Å²) in [5.74, 6) is 0.656. The van der Waals surface area contributed by atoms with Gasteiger partial charge in [-0.25, -0.2) is 0 Å². The molecular formula is C38H53NSiTi. The number of nitrogens with one attached hydrogen (secondary N) is 1. The van der Waals surface area contributed by atoms with Crippen LogP contribution in [0.15, 0.2) is 112 Å². The largest absolute Gasteiger partial charge is 0.0622 e. The second-order valence-corrected chi connectivity index (χ2v) is 26.8. The van der Waals surface area contributed by atoms with Gasteiger partial charge in [-0.2, -0.15) is 0 Å². The maximum absolute atomic E-state index is 4.51. The molecule has 0 spiro atoms. The van der Waals surface area contributed by atoms with Gasteiger partial charge in [0.05, 0.1) is 0 Å². The molecule has 1 fully saturated rings. The number of hydrogen-bond donors (Lipinski definition) is 1. The van der Waals surface area contributed by atoms with Gasteiger partial charge in [-0.05, 0) is 11.1 Å². The summed E-state index contributed by atoms with van der Waals surface area (Å²) in [6.07, 6.45) is 12.9. The van der Waals surface area contributed by atoms with Gasteiger partial charge in [-0.3, -0.25) is 0 Å². The minimum Gasteiger partial charge on any atom is -0.0622 e. The zero-order valence-electron chi connectivity index (χ0n) is 26.4. The van der Waals surface area contributed by atoms with Crippen molar-refractivity contribution in [1.29, 1.82) is 0 Å². The zero-order chi connectivity index (χ0) is 29.1. The Bertz CT molecular complexity index is 1220. The monoisotopic (exact) mass is 599 g/mol. The average Bonchev–Trinajstić information content (AvgIpc) is 3.20. The predicted octanol–water partition coefficient (Wildman–Crippen LogP) is 9.61. The molecule has 2 aliphatic rings. The van der Waals surface area contributed by atoms with Gasteiger partial charge in [0.1, 0.15) is 0 Å². The van der Waals surface area contributed by atoms with E-state index in [1.165, 1.54) is 68.9 Å². The van der Waals surface area contributed by atoms with Crippen LogP contribution in [0, 0.1) is 5.92 Å². The van der Waals surface area contributed by atoms with Gasteiger partial charge >= 0.3 is 186 Å². The fourth-order valence-electron chi connectivity index (χ4n) is 7.15. The fraction of sp³-hybridized carbons (Fsp3) is 0.421. The predicted molar refractivity (Wildman–Crippen MR) is 181 cm³/mol. The van der Waals surface area contributed by atoms with Gasteiger partial charge < -0.3 is 0 Å². The van der Waals surface area contributed by atoms with Crippen molar-refractivity contribution < 1.29 is 16.1 Å². The molecule has 1 saturated carbocycles. The Morgan fingerprint density at radius 1 is 0.610 bits per heavy atom. The van der Waals surface area contributed by atoms with E-state index in [1.807, 2.05) is 16.0 Å². The van der Waals surface area contributed by atoms with E-state index in [0.29, 0.717) is 5.92 Å². The van der Waals surface area contributed by atoms with Gasteiger partial charge in [-0.15, -0.1) is 0 Å². The summed E-state index contributed by atoms with van der Waals surface area (Å²) < 4.78 is 6.39. The maximum Gasteiger partial charge on any atom is -0.0184 e. The van der Waals surface area contributed by atoms with Crippen LogP contribution in [0.1, 0.15) is 85.5 Å². The second-order valence-electron chi connectivity index (χ2n) is 12.7. The molecule has 0 aromatic heterocycles. The minimum absolute atomic E-state index is 0.321. The van der Waals surface area contributed by atoms with Crippen LogP contribution in [0.2, 0.25) is 5.23 Å². The van der Waals surface area contributed by atoms with Crippen molar-refractivity contribution in [3.63, 3.8) is 0 Å². The molecule has 1 N–H and O–H groups in total. The average molecular weight is 600 g/mol. The third-order valence-electron chi connectivity index (χ3n) is 9.64. The van der Waals surface area contributed by atoms with Crippen molar-refractivity contribution in [2.24, 2.45) is 5.92 Å². The molecule has 41 heavy (non-hydrogen) atoms. The van der Waals surface area contributed by atoms with E-state index >= 15 is 0 Å². The molecule has 218 valence electrons. The first-order valence-electron chi connectivity index (χ1n) is 16.2. The molecule has 5 rings (SSSR count). The van der Waals surface area contributed by atoms with E-state index in [9.17, 15) is 0 Å². The molecule has 0 saturated heterocycles. The van der Waals surface area contributed by atoms with Gasteiger partial charge in [0.25, 0.3) is 0 Å². The Morgan fingerprint density at radius 2 is 1.05 bits per heavy atom. The van der Waals surface area contributed by atoms with Crippen molar-refractivity contribution in [1.82, 2.24) is 3.80 Å². The normalized spacial score (nSPS) is 20.6. The van der Waals surface area contributed by atoms with Crippen molar-refractivity contribution in [2.45, 2.75) is 96.8 Å². The number of rotatable bonds is 6. The third-order valence-corrected chi connectivity index (χ3v) is 23.6. The first-order valence-corrected chi connectivity index (χ1v) is 24.0. The number of hydrogen-bond acceptors (Lipinski definition) is 1. The smallest absolute Gasteiger partial charge is 0.0184 e. The fourth-order valence-corrected chi connectivity index (χ4v) is 24.1. The topological polar surface area (TPSA) is 12.0 Å². The van der Waals surface area contributed by atoms with Gasteiger partial charge in [0.2, 0.25) is 0 Å². The molecule has 3 aromatic carbocycles.